The van der Waals surface area contributed by atoms with E-state index in [0.29, 0.717) is 13.1 Å². The molecule has 76 valence electrons. The third-order valence-electron chi connectivity index (χ3n) is 2.15. The fourth-order valence-corrected chi connectivity index (χ4v) is 1.43. The van der Waals surface area contributed by atoms with Crippen molar-refractivity contribution in [3.63, 3.8) is 0 Å². The van der Waals surface area contributed by atoms with Gasteiger partial charge in [-0.25, -0.2) is 0 Å². The SMILES string of the molecule is O=[N+]([O-])c1ncn([C@@H]2CNC[C@H]2O)n1. The Hall–Kier alpha value is -1.54. The number of nitrogens with zero attached hydrogens (tertiary/aromatic N) is 4. The molecule has 2 rings (SSSR count). The molecule has 0 aliphatic carbocycles. The van der Waals surface area contributed by atoms with Crippen LogP contribution in [-0.2, 0) is 0 Å². The molecule has 0 spiro atoms. The van der Waals surface area contributed by atoms with Crippen molar-refractivity contribution in [2.45, 2.75) is 12.1 Å². The molecule has 1 aliphatic heterocycles. The minimum atomic E-state index is -0.661. The van der Waals surface area contributed by atoms with E-state index < -0.39 is 17.0 Å². The lowest BCUT2D eigenvalue weighted by Crippen LogP contribution is -2.22. The lowest BCUT2D eigenvalue weighted by Gasteiger charge is -2.08. The number of nitrogens with one attached hydrogen (secondary N) is 1. The van der Waals surface area contributed by atoms with Gasteiger partial charge in [-0.2, -0.15) is 4.68 Å². The van der Waals surface area contributed by atoms with E-state index in [1.165, 1.54) is 11.0 Å². The van der Waals surface area contributed by atoms with Crippen molar-refractivity contribution in [1.82, 2.24) is 20.1 Å². The molecule has 2 N–H and O–H groups in total. The fraction of sp³-hybridized carbons (Fsp3) is 0.667. The predicted molar refractivity (Wildman–Crippen MR) is 44.6 cm³/mol. The zero-order chi connectivity index (χ0) is 10.1. The first kappa shape index (κ1) is 9.03. The van der Waals surface area contributed by atoms with E-state index in [1.54, 1.807) is 0 Å². The van der Waals surface area contributed by atoms with Crippen LogP contribution in [0.1, 0.15) is 6.04 Å². The van der Waals surface area contributed by atoms with Gasteiger partial charge in [-0.1, -0.05) is 4.98 Å². The molecule has 0 aromatic carbocycles. The van der Waals surface area contributed by atoms with Gasteiger partial charge in [0.15, 0.2) is 0 Å². The Kier molecular flexibility index (Phi) is 2.14. The van der Waals surface area contributed by atoms with Gasteiger partial charge >= 0.3 is 5.95 Å². The monoisotopic (exact) mass is 199 g/mol. The average molecular weight is 199 g/mol. The van der Waals surface area contributed by atoms with Crippen LogP contribution in [0.2, 0.25) is 0 Å². The minimum Gasteiger partial charge on any atom is -0.390 e. The standard InChI is InChI=1S/C6H9N5O3/c12-5-2-7-1-4(5)10-3-8-6(9-10)11(13)14/h3-5,7,12H,1-2H2/t4-,5-/m1/s1. The summed E-state index contributed by atoms with van der Waals surface area (Å²) >= 11 is 0. The van der Waals surface area contributed by atoms with Crippen LogP contribution in [0.3, 0.4) is 0 Å². The number of hydrogen-bond acceptors (Lipinski definition) is 6. The fourth-order valence-electron chi connectivity index (χ4n) is 1.43. The molecule has 8 nitrogen and oxygen atoms in total. The molecule has 0 bridgehead atoms. The van der Waals surface area contributed by atoms with Crippen LogP contribution in [-0.4, -0.2) is 44.0 Å². The Balaban J connectivity index is 2.20. The summed E-state index contributed by atoms with van der Waals surface area (Å²) < 4.78 is 1.32. The molecule has 0 radical (unpaired) electrons. The number of β-amino-alcohol motifs (C(OH)–C–C–N with tert-alkyl or cyclic N) is 1. The third kappa shape index (κ3) is 1.44. The molecule has 14 heavy (non-hydrogen) atoms. The maximum atomic E-state index is 10.3. The Morgan fingerprint density at radius 2 is 2.50 bits per heavy atom. The molecule has 2 heterocycles. The number of aromatic nitrogens is 3. The first-order chi connectivity index (χ1) is 6.68. The first-order valence-corrected chi connectivity index (χ1v) is 4.13. The molecule has 1 aliphatic rings. The minimum absolute atomic E-state index is 0.267. The highest BCUT2D eigenvalue weighted by Gasteiger charge is 2.30. The summed E-state index contributed by atoms with van der Waals surface area (Å²) in [6.45, 7) is 1.01. The highest BCUT2D eigenvalue weighted by atomic mass is 16.6. The van der Waals surface area contributed by atoms with E-state index in [4.69, 9.17) is 0 Å². The number of aliphatic hydroxyl groups is 1. The highest BCUT2D eigenvalue weighted by Crippen LogP contribution is 2.15. The third-order valence-corrected chi connectivity index (χ3v) is 2.15. The summed E-state index contributed by atoms with van der Waals surface area (Å²) in [7, 11) is 0. The molecular formula is C6H9N5O3. The Morgan fingerprint density at radius 3 is 3.00 bits per heavy atom. The zero-order valence-corrected chi connectivity index (χ0v) is 7.20. The number of aliphatic hydroxyl groups excluding tert-OH is 1. The zero-order valence-electron chi connectivity index (χ0n) is 7.20. The van der Waals surface area contributed by atoms with Crippen molar-refractivity contribution in [3.8, 4) is 0 Å². The van der Waals surface area contributed by atoms with Gasteiger partial charge < -0.3 is 20.5 Å². The van der Waals surface area contributed by atoms with E-state index in [9.17, 15) is 15.2 Å². The smallest absolute Gasteiger partial charge is 0.390 e. The maximum absolute atomic E-state index is 10.3. The second-order valence-electron chi connectivity index (χ2n) is 3.07. The van der Waals surface area contributed by atoms with Gasteiger partial charge in [-0.3, -0.25) is 0 Å². The van der Waals surface area contributed by atoms with Gasteiger partial charge in [-0.05, 0) is 4.92 Å². The van der Waals surface area contributed by atoms with E-state index in [0.717, 1.165) is 0 Å². The first-order valence-electron chi connectivity index (χ1n) is 4.13. The molecule has 0 saturated carbocycles. The van der Waals surface area contributed by atoms with Crippen molar-refractivity contribution < 1.29 is 10.0 Å². The van der Waals surface area contributed by atoms with Gasteiger partial charge in [-0.15, -0.1) is 0 Å². The van der Waals surface area contributed by atoms with Crippen LogP contribution < -0.4 is 5.32 Å². The van der Waals surface area contributed by atoms with Gasteiger partial charge in [0, 0.05) is 18.2 Å². The summed E-state index contributed by atoms with van der Waals surface area (Å²) in [4.78, 5) is 13.1. The lowest BCUT2D eigenvalue weighted by atomic mass is 10.2. The van der Waals surface area contributed by atoms with Gasteiger partial charge in [0.2, 0.25) is 6.33 Å². The molecule has 1 aromatic heterocycles. The lowest BCUT2D eigenvalue weighted by molar-refractivity contribution is -0.394. The molecule has 1 fully saturated rings. The molecule has 2 atom stereocenters. The van der Waals surface area contributed by atoms with Crippen molar-refractivity contribution in [2.75, 3.05) is 13.1 Å². The van der Waals surface area contributed by atoms with Crippen LogP contribution in [0.4, 0.5) is 5.95 Å². The Bertz CT molecular complexity index is 351. The Morgan fingerprint density at radius 1 is 1.71 bits per heavy atom. The van der Waals surface area contributed by atoms with Crippen LogP contribution in [0.15, 0.2) is 6.33 Å². The molecule has 1 saturated heterocycles. The summed E-state index contributed by atoms with van der Waals surface area (Å²) in [6, 6.07) is -0.267. The van der Waals surface area contributed by atoms with Gasteiger partial charge in [0.1, 0.15) is 6.04 Å². The van der Waals surface area contributed by atoms with E-state index in [-0.39, 0.29) is 6.04 Å². The van der Waals surface area contributed by atoms with Gasteiger partial charge in [0.05, 0.1) is 6.10 Å². The van der Waals surface area contributed by atoms with E-state index in [1.807, 2.05) is 0 Å². The van der Waals surface area contributed by atoms with Crippen LogP contribution >= 0.6 is 0 Å². The van der Waals surface area contributed by atoms with Crippen LogP contribution in [0.5, 0.6) is 0 Å². The molecule has 0 unspecified atom stereocenters. The van der Waals surface area contributed by atoms with E-state index >= 15 is 0 Å². The second-order valence-corrected chi connectivity index (χ2v) is 3.07. The molecule has 1 aromatic rings. The number of nitro groups is 1. The number of hydrogen-bond donors (Lipinski definition) is 2. The van der Waals surface area contributed by atoms with Crippen molar-refractivity contribution in [1.29, 1.82) is 0 Å². The summed E-state index contributed by atoms with van der Waals surface area (Å²) in [5, 5.41) is 26.4. The highest BCUT2D eigenvalue weighted by molar-refractivity contribution is 4.99. The average Bonchev–Trinajstić information content (AvgIpc) is 2.71. The topological polar surface area (TPSA) is 106 Å². The summed E-state index contributed by atoms with van der Waals surface area (Å²) in [6.07, 6.45) is 0.690. The quantitative estimate of drug-likeness (QED) is 0.452. The molecule has 0 amide bonds. The summed E-state index contributed by atoms with van der Waals surface area (Å²) in [5.74, 6) is -0.441. The number of rotatable bonds is 2. The summed E-state index contributed by atoms with van der Waals surface area (Å²) in [5.41, 5.74) is 0. The van der Waals surface area contributed by atoms with Crippen molar-refractivity contribution >= 4 is 5.95 Å². The maximum Gasteiger partial charge on any atom is 0.490 e. The van der Waals surface area contributed by atoms with Crippen molar-refractivity contribution in [2.24, 2.45) is 0 Å². The normalized spacial score (nSPS) is 26.6. The van der Waals surface area contributed by atoms with Crippen LogP contribution in [0.25, 0.3) is 0 Å². The Labute approximate surface area is 78.7 Å². The largest absolute Gasteiger partial charge is 0.490 e. The predicted octanol–water partition coefficient (Wildman–Crippen LogP) is -1.31. The molecular weight excluding hydrogens is 190 g/mol. The van der Waals surface area contributed by atoms with Gasteiger partial charge in [0.25, 0.3) is 0 Å². The second kappa shape index (κ2) is 3.31. The van der Waals surface area contributed by atoms with Crippen molar-refractivity contribution in [3.05, 3.63) is 16.4 Å². The van der Waals surface area contributed by atoms with Crippen LogP contribution in [0, 0.1) is 10.1 Å². The van der Waals surface area contributed by atoms with E-state index in [2.05, 4.69) is 15.4 Å². The molecule has 8 heteroatoms.